The second-order valence-electron chi connectivity index (χ2n) is 7.41. The van der Waals surface area contributed by atoms with Gasteiger partial charge in [-0.15, -0.1) is 0 Å². The van der Waals surface area contributed by atoms with Gasteiger partial charge in [0.05, 0.1) is 17.9 Å². The van der Waals surface area contributed by atoms with Crippen molar-refractivity contribution in [3.05, 3.63) is 12.2 Å². The number of carbonyl (C=O) groups excluding carboxylic acids is 1. The molecule has 0 radical (unpaired) electrons. The van der Waals surface area contributed by atoms with Crippen LogP contribution in [0, 0.1) is 17.3 Å². The molecule has 3 heterocycles. The molecule has 2 saturated carbocycles. The van der Waals surface area contributed by atoms with E-state index in [4.69, 9.17) is 14.2 Å². The first-order valence-electron chi connectivity index (χ1n) is 7.36. The van der Waals surface area contributed by atoms with Crippen molar-refractivity contribution in [2.45, 2.75) is 49.5 Å². The van der Waals surface area contributed by atoms with E-state index >= 15 is 0 Å². The third kappa shape index (κ3) is 0.933. The van der Waals surface area contributed by atoms with Gasteiger partial charge in [0.2, 0.25) is 0 Å². The number of fused-ring (bicyclic) bond motifs is 7. The first-order valence-corrected chi connectivity index (χ1v) is 7.36. The monoisotopic (exact) mass is 294 g/mol. The minimum absolute atomic E-state index is 0.0985. The van der Waals surface area contributed by atoms with Gasteiger partial charge in [0.25, 0.3) is 0 Å². The molecule has 5 rings (SSSR count). The highest BCUT2D eigenvalue weighted by atomic mass is 16.7. The number of hydrogen-bond acceptors (Lipinski definition) is 6. The van der Waals surface area contributed by atoms with Gasteiger partial charge in [0.1, 0.15) is 35.6 Å². The standard InChI is InChI=1S/C15H18O6/c1-5(2)6-7-12(16)20-8(6)9-13(3)14(17,4-19-9)10-11(21-10)15(7,13)18/h6-11,17-18H,1,4H2,2-3H3/t6-,7+,8+,9+,10+,11-,13-,14+,15-/m0/s1. The molecular formula is C15H18O6. The fraction of sp³-hybridized carbons (Fsp3) is 0.800. The van der Waals surface area contributed by atoms with Crippen LogP contribution in [0.15, 0.2) is 12.2 Å². The Morgan fingerprint density at radius 2 is 2.05 bits per heavy atom. The van der Waals surface area contributed by atoms with Gasteiger partial charge in [-0.3, -0.25) is 4.79 Å². The molecule has 5 fully saturated rings. The molecule has 114 valence electrons. The maximum Gasteiger partial charge on any atom is 0.313 e. The number of hydrogen-bond donors (Lipinski definition) is 2. The van der Waals surface area contributed by atoms with E-state index in [-0.39, 0.29) is 12.5 Å². The van der Waals surface area contributed by atoms with E-state index in [0.717, 1.165) is 5.57 Å². The molecule has 2 bridgehead atoms. The Morgan fingerprint density at radius 3 is 2.71 bits per heavy atom. The van der Waals surface area contributed by atoms with Gasteiger partial charge in [-0.25, -0.2) is 0 Å². The summed E-state index contributed by atoms with van der Waals surface area (Å²) in [6, 6.07) is 0. The molecule has 0 unspecified atom stereocenters. The van der Waals surface area contributed by atoms with Crippen LogP contribution in [0.25, 0.3) is 0 Å². The number of esters is 1. The van der Waals surface area contributed by atoms with Gasteiger partial charge in [-0.1, -0.05) is 19.1 Å². The molecule has 0 spiro atoms. The van der Waals surface area contributed by atoms with Crippen LogP contribution < -0.4 is 0 Å². The zero-order valence-electron chi connectivity index (χ0n) is 11.9. The van der Waals surface area contributed by atoms with Crippen LogP contribution in [0.2, 0.25) is 0 Å². The first-order chi connectivity index (χ1) is 9.78. The molecule has 9 atom stereocenters. The summed E-state index contributed by atoms with van der Waals surface area (Å²) in [7, 11) is 0. The highest BCUT2D eigenvalue weighted by Gasteiger charge is 2.93. The van der Waals surface area contributed by atoms with Gasteiger partial charge < -0.3 is 24.4 Å². The van der Waals surface area contributed by atoms with Gasteiger partial charge in [-0.05, 0) is 6.92 Å². The zero-order chi connectivity index (χ0) is 14.9. The molecule has 3 aliphatic heterocycles. The van der Waals surface area contributed by atoms with Crippen molar-refractivity contribution < 1.29 is 29.2 Å². The van der Waals surface area contributed by atoms with Crippen LogP contribution in [0.1, 0.15) is 13.8 Å². The van der Waals surface area contributed by atoms with Crippen LogP contribution in [0.3, 0.4) is 0 Å². The van der Waals surface area contributed by atoms with E-state index in [1.807, 2.05) is 6.92 Å². The van der Waals surface area contributed by atoms with E-state index in [0.29, 0.717) is 0 Å². The molecule has 0 aromatic rings. The van der Waals surface area contributed by atoms with E-state index in [1.54, 1.807) is 6.92 Å². The maximum atomic E-state index is 12.4. The van der Waals surface area contributed by atoms with Crippen molar-refractivity contribution in [2.24, 2.45) is 17.3 Å². The minimum Gasteiger partial charge on any atom is -0.459 e. The smallest absolute Gasteiger partial charge is 0.313 e. The second kappa shape index (κ2) is 3.06. The fourth-order valence-corrected chi connectivity index (χ4v) is 5.65. The van der Waals surface area contributed by atoms with Gasteiger partial charge >= 0.3 is 5.97 Å². The molecule has 0 aromatic heterocycles. The summed E-state index contributed by atoms with van der Waals surface area (Å²) in [6.45, 7) is 7.69. The Bertz CT molecular complexity index is 603. The van der Waals surface area contributed by atoms with E-state index in [2.05, 4.69) is 6.58 Å². The number of carbonyl (C=O) groups is 1. The molecule has 5 aliphatic rings. The Balaban J connectivity index is 1.79. The normalized spacial score (nSPS) is 65.8. The second-order valence-corrected chi connectivity index (χ2v) is 7.41. The number of aliphatic hydroxyl groups is 2. The summed E-state index contributed by atoms with van der Waals surface area (Å²) in [5.41, 5.74) is -2.90. The molecule has 6 nitrogen and oxygen atoms in total. The number of epoxide rings is 1. The molecule has 3 saturated heterocycles. The van der Waals surface area contributed by atoms with Crippen molar-refractivity contribution in [1.29, 1.82) is 0 Å². The minimum atomic E-state index is -1.47. The van der Waals surface area contributed by atoms with Gasteiger partial charge in [0.15, 0.2) is 0 Å². The van der Waals surface area contributed by atoms with Crippen LogP contribution in [0.4, 0.5) is 0 Å². The van der Waals surface area contributed by atoms with E-state index < -0.39 is 52.9 Å². The Hall–Kier alpha value is -0.950. The lowest BCUT2D eigenvalue weighted by Crippen LogP contribution is -2.70. The summed E-state index contributed by atoms with van der Waals surface area (Å²) < 4.78 is 16.9. The van der Waals surface area contributed by atoms with Crippen molar-refractivity contribution in [2.75, 3.05) is 6.61 Å². The Kier molecular flexibility index (Phi) is 1.83. The average Bonchev–Trinajstić information content (AvgIpc) is 3.05. The van der Waals surface area contributed by atoms with Crippen molar-refractivity contribution in [1.82, 2.24) is 0 Å². The van der Waals surface area contributed by atoms with Crippen LogP contribution in [0.5, 0.6) is 0 Å². The predicted octanol–water partition coefficient (Wildman–Crippen LogP) is -0.618. The maximum absolute atomic E-state index is 12.4. The third-order valence-corrected chi connectivity index (χ3v) is 6.74. The Morgan fingerprint density at radius 1 is 1.33 bits per heavy atom. The van der Waals surface area contributed by atoms with E-state index in [9.17, 15) is 15.0 Å². The van der Waals surface area contributed by atoms with Crippen LogP contribution in [-0.2, 0) is 19.0 Å². The van der Waals surface area contributed by atoms with Crippen molar-refractivity contribution >= 4 is 5.97 Å². The summed E-state index contributed by atoms with van der Waals surface area (Å²) >= 11 is 0. The van der Waals surface area contributed by atoms with Crippen LogP contribution >= 0.6 is 0 Å². The lowest BCUT2D eigenvalue weighted by atomic mass is 9.52. The topological polar surface area (TPSA) is 88.5 Å². The third-order valence-electron chi connectivity index (χ3n) is 6.74. The average molecular weight is 294 g/mol. The van der Waals surface area contributed by atoms with Crippen LogP contribution in [-0.4, -0.2) is 58.4 Å². The van der Waals surface area contributed by atoms with Crippen molar-refractivity contribution in [3.63, 3.8) is 0 Å². The highest BCUT2D eigenvalue weighted by Crippen LogP contribution is 2.74. The molecule has 2 aliphatic carbocycles. The SMILES string of the molecule is C=C(C)[C@@H]1[C@H]2OC(=O)[C@@H]1[C@]1(O)[C@H]3O[C@H]3[C@]3(O)CO[C@H]2[C@]13C. The molecule has 21 heavy (non-hydrogen) atoms. The van der Waals surface area contributed by atoms with E-state index in [1.165, 1.54) is 0 Å². The fourth-order valence-electron chi connectivity index (χ4n) is 5.65. The lowest BCUT2D eigenvalue weighted by molar-refractivity contribution is -0.227. The predicted molar refractivity (Wildman–Crippen MR) is 68.1 cm³/mol. The Labute approximate surface area is 121 Å². The summed E-state index contributed by atoms with van der Waals surface area (Å²) in [4.78, 5) is 12.4. The summed E-state index contributed by atoms with van der Waals surface area (Å²) in [5, 5.41) is 22.5. The quantitative estimate of drug-likeness (QED) is 0.381. The number of ether oxygens (including phenoxy) is 3. The molecule has 2 N–H and O–H groups in total. The van der Waals surface area contributed by atoms with Gasteiger partial charge in [-0.2, -0.15) is 0 Å². The highest BCUT2D eigenvalue weighted by molar-refractivity contribution is 5.80. The molecule has 0 aromatic carbocycles. The largest absolute Gasteiger partial charge is 0.459 e. The van der Waals surface area contributed by atoms with Crippen molar-refractivity contribution in [3.8, 4) is 0 Å². The van der Waals surface area contributed by atoms with Gasteiger partial charge in [0, 0.05) is 5.92 Å². The lowest BCUT2D eigenvalue weighted by Gasteiger charge is -2.53. The molecular weight excluding hydrogens is 276 g/mol. The summed E-state index contributed by atoms with van der Waals surface area (Å²) in [5.74, 6) is -1.48. The molecule has 6 heteroatoms. The first kappa shape index (κ1) is 12.6. The zero-order valence-corrected chi connectivity index (χ0v) is 11.9. The summed E-state index contributed by atoms with van der Waals surface area (Å²) in [6.07, 6.45) is -2.02. The number of rotatable bonds is 1. The molecule has 0 amide bonds.